The summed E-state index contributed by atoms with van der Waals surface area (Å²) in [5.74, 6) is -0.280. The normalized spacial score (nSPS) is 16.3. The van der Waals surface area contributed by atoms with E-state index >= 15 is 0 Å². The minimum absolute atomic E-state index is 0. The van der Waals surface area contributed by atoms with Crippen molar-refractivity contribution < 1.29 is 9.59 Å². The maximum absolute atomic E-state index is 12.9. The molecule has 2 aromatic carbocycles. The van der Waals surface area contributed by atoms with E-state index in [1.165, 1.54) is 0 Å². The lowest BCUT2D eigenvalue weighted by Gasteiger charge is -2.14. The molecule has 0 fully saturated rings. The van der Waals surface area contributed by atoms with Crippen molar-refractivity contribution in [1.29, 1.82) is 0 Å². The molecule has 0 bridgehead atoms. The molecule has 27 heavy (non-hydrogen) atoms. The average Bonchev–Trinajstić information content (AvgIpc) is 2.94. The van der Waals surface area contributed by atoms with Crippen LogP contribution in [0.1, 0.15) is 22.5 Å². The van der Waals surface area contributed by atoms with Gasteiger partial charge < -0.3 is 15.6 Å². The van der Waals surface area contributed by atoms with Gasteiger partial charge in [-0.15, -0.1) is 12.4 Å². The minimum Gasteiger partial charge on any atom is -0.352 e. The van der Waals surface area contributed by atoms with E-state index in [9.17, 15) is 9.59 Å². The van der Waals surface area contributed by atoms with Crippen LogP contribution in [0.25, 0.3) is 10.9 Å². The van der Waals surface area contributed by atoms with E-state index in [1.807, 2.05) is 24.3 Å². The molecule has 1 aliphatic rings. The lowest BCUT2D eigenvalue weighted by atomic mass is 10.0. The van der Waals surface area contributed by atoms with Crippen LogP contribution in [0.15, 0.2) is 48.5 Å². The molecule has 1 atom stereocenters. The topological polar surface area (TPSA) is 74.0 Å². The number of anilines is 1. The van der Waals surface area contributed by atoms with E-state index in [0.29, 0.717) is 22.9 Å². The maximum Gasteiger partial charge on any atom is 0.226 e. The van der Waals surface area contributed by atoms with Gasteiger partial charge in [-0.1, -0.05) is 29.8 Å². The predicted octanol–water partition coefficient (Wildman–Crippen LogP) is 3.97. The van der Waals surface area contributed by atoms with Gasteiger partial charge in [0.05, 0.1) is 11.7 Å². The molecule has 0 saturated heterocycles. The Balaban J connectivity index is 0.00000210. The molecule has 5 nitrogen and oxygen atoms in total. The molecule has 3 aromatic rings. The fraction of sp³-hybridized carbons (Fsp3) is 0.200. The van der Waals surface area contributed by atoms with Crippen LogP contribution in [0, 0.1) is 0 Å². The molecule has 3 N–H and O–H groups in total. The standard InChI is InChI=1S/C20H18ClN3O2.ClH/c21-12-5-7-13(8-6-12)23-18(25)11-17-20(26)19-15(9-10-22-17)14-3-1-2-4-16(14)24-19;/h1-8,17,22,24H,9-11H2,(H,23,25);1H. The third-order valence-corrected chi connectivity index (χ3v) is 4.91. The number of hydrogen-bond acceptors (Lipinski definition) is 3. The van der Waals surface area contributed by atoms with Crippen molar-refractivity contribution >= 4 is 52.3 Å². The van der Waals surface area contributed by atoms with E-state index in [1.54, 1.807) is 24.3 Å². The van der Waals surface area contributed by atoms with Gasteiger partial charge in [-0.25, -0.2) is 0 Å². The van der Waals surface area contributed by atoms with E-state index in [-0.39, 0.29) is 30.5 Å². The smallest absolute Gasteiger partial charge is 0.226 e. The van der Waals surface area contributed by atoms with Gasteiger partial charge in [-0.05, 0) is 48.9 Å². The Bertz CT molecular complexity index is 983. The lowest BCUT2D eigenvalue weighted by molar-refractivity contribution is -0.116. The summed E-state index contributed by atoms with van der Waals surface area (Å²) in [6.45, 7) is 0.652. The number of aromatic amines is 1. The summed E-state index contributed by atoms with van der Waals surface area (Å²) in [5, 5.41) is 7.69. The molecule has 1 unspecified atom stereocenters. The first-order valence-electron chi connectivity index (χ1n) is 8.54. The van der Waals surface area contributed by atoms with Crippen molar-refractivity contribution in [3.8, 4) is 0 Å². The second kappa shape index (κ2) is 8.13. The van der Waals surface area contributed by atoms with E-state index in [2.05, 4.69) is 15.6 Å². The van der Waals surface area contributed by atoms with Gasteiger partial charge in [-0.2, -0.15) is 0 Å². The first-order chi connectivity index (χ1) is 12.6. The number of rotatable bonds is 3. The molecule has 0 radical (unpaired) electrons. The van der Waals surface area contributed by atoms with Crippen molar-refractivity contribution in [1.82, 2.24) is 10.3 Å². The number of aromatic nitrogens is 1. The zero-order valence-electron chi connectivity index (χ0n) is 14.4. The molecule has 7 heteroatoms. The highest BCUT2D eigenvalue weighted by molar-refractivity contribution is 6.30. The van der Waals surface area contributed by atoms with Crippen molar-refractivity contribution in [3.63, 3.8) is 0 Å². The summed E-state index contributed by atoms with van der Waals surface area (Å²) in [6, 6.07) is 14.2. The first-order valence-corrected chi connectivity index (χ1v) is 8.92. The van der Waals surface area contributed by atoms with Gasteiger partial charge in [0.15, 0.2) is 5.78 Å². The molecular formula is C20H19Cl2N3O2. The summed E-state index contributed by atoms with van der Waals surface area (Å²) < 4.78 is 0. The van der Waals surface area contributed by atoms with Crippen LogP contribution in [-0.2, 0) is 11.2 Å². The quantitative estimate of drug-likeness (QED) is 0.619. The highest BCUT2D eigenvalue weighted by Gasteiger charge is 2.29. The Morgan fingerprint density at radius 1 is 1.15 bits per heavy atom. The maximum atomic E-state index is 12.9. The second-order valence-electron chi connectivity index (χ2n) is 6.40. The number of amides is 1. The minimum atomic E-state index is -0.545. The summed E-state index contributed by atoms with van der Waals surface area (Å²) in [4.78, 5) is 28.5. The van der Waals surface area contributed by atoms with E-state index < -0.39 is 6.04 Å². The van der Waals surface area contributed by atoms with Gasteiger partial charge in [0.1, 0.15) is 0 Å². The van der Waals surface area contributed by atoms with Crippen molar-refractivity contribution in [2.75, 3.05) is 11.9 Å². The van der Waals surface area contributed by atoms with Crippen LogP contribution < -0.4 is 10.6 Å². The number of benzene rings is 2. The van der Waals surface area contributed by atoms with Crippen molar-refractivity contribution in [3.05, 3.63) is 64.8 Å². The molecule has 140 valence electrons. The van der Waals surface area contributed by atoms with Gasteiger partial charge in [0.2, 0.25) is 5.91 Å². The Kier molecular flexibility index (Phi) is 5.85. The molecule has 1 aliphatic heterocycles. The molecule has 1 amide bonds. The van der Waals surface area contributed by atoms with E-state index in [0.717, 1.165) is 22.9 Å². The van der Waals surface area contributed by atoms with Crippen molar-refractivity contribution in [2.24, 2.45) is 0 Å². The highest BCUT2D eigenvalue weighted by atomic mass is 35.5. The number of carbonyl (C=O) groups excluding carboxylic acids is 2. The summed E-state index contributed by atoms with van der Waals surface area (Å²) in [6.07, 6.45) is 0.830. The number of halogens is 2. The predicted molar refractivity (Wildman–Crippen MR) is 110 cm³/mol. The fourth-order valence-electron chi connectivity index (χ4n) is 3.40. The third kappa shape index (κ3) is 4.00. The molecule has 2 heterocycles. The first kappa shape index (κ1) is 19.4. The summed E-state index contributed by atoms with van der Waals surface area (Å²) in [5.41, 5.74) is 3.25. The Morgan fingerprint density at radius 3 is 2.67 bits per heavy atom. The van der Waals surface area contributed by atoms with Crippen LogP contribution >= 0.6 is 24.0 Å². The highest BCUT2D eigenvalue weighted by Crippen LogP contribution is 2.26. The number of hydrogen-bond donors (Lipinski definition) is 3. The summed E-state index contributed by atoms with van der Waals surface area (Å²) >= 11 is 5.85. The second-order valence-corrected chi connectivity index (χ2v) is 6.84. The number of ketones is 1. The van der Waals surface area contributed by atoms with Crippen LogP contribution in [-0.4, -0.2) is 29.3 Å². The summed E-state index contributed by atoms with van der Waals surface area (Å²) in [7, 11) is 0. The number of H-pyrrole nitrogens is 1. The van der Waals surface area contributed by atoms with Crippen molar-refractivity contribution in [2.45, 2.75) is 18.9 Å². The largest absolute Gasteiger partial charge is 0.352 e. The van der Waals surface area contributed by atoms with Gasteiger partial charge in [0.25, 0.3) is 0 Å². The van der Waals surface area contributed by atoms with Crippen LogP contribution in [0.2, 0.25) is 5.02 Å². The Hall–Kier alpha value is -2.34. The third-order valence-electron chi connectivity index (χ3n) is 4.66. The van der Waals surface area contributed by atoms with Gasteiger partial charge in [-0.3, -0.25) is 9.59 Å². The monoisotopic (exact) mass is 403 g/mol. The van der Waals surface area contributed by atoms with Gasteiger partial charge >= 0.3 is 0 Å². The number of carbonyl (C=O) groups is 2. The number of fused-ring (bicyclic) bond motifs is 3. The molecule has 0 saturated carbocycles. The molecule has 0 aliphatic carbocycles. The van der Waals surface area contributed by atoms with E-state index in [4.69, 9.17) is 11.6 Å². The number of Topliss-reactive ketones (excluding diaryl/α,β-unsaturated/α-hetero) is 1. The SMILES string of the molecule is Cl.O=C(CC1NCCc2c([nH]c3ccccc23)C1=O)Nc1ccc(Cl)cc1. The molecule has 1 aromatic heterocycles. The fourth-order valence-corrected chi connectivity index (χ4v) is 3.53. The lowest BCUT2D eigenvalue weighted by Crippen LogP contribution is -2.39. The Morgan fingerprint density at radius 2 is 1.89 bits per heavy atom. The average molecular weight is 404 g/mol. The number of nitrogens with one attached hydrogen (secondary N) is 3. The van der Waals surface area contributed by atoms with Crippen LogP contribution in [0.5, 0.6) is 0 Å². The molecule has 0 spiro atoms. The van der Waals surface area contributed by atoms with Gasteiger partial charge in [0, 0.05) is 28.0 Å². The van der Waals surface area contributed by atoms with Crippen LogP contribution in [0.4, 0.5) is 5.69 Å². The van der Waals surface area contributed by atoms with Crippen LogP contribution in [0.3, 0.4) is 0 Å². The molecule has 4 rings (SSSR count). The zero-order chi connectivity index (χ0) is 18.1. The zero-order valence-corrected chi connectivity index (χ0v) is 16.0. The Labute approximate surface area is 167 Å². The molecular weight excluding hydrogens is 385 g/mol. The number of para-hydroxylation sites is 1.